The first kappa shape index (κ1) is 33.6. The Balaban J connectivity index is 1.20. The van der Waals surface area contributed by atoms with E-state index in [1.54, 1.807) is 19.2 Å². The summed E-state index contributed by atoms with van der Waals surface area (Å²) in [7, 11) is 1.60. The van der Waals surface area contributed by atoms with Gasteiger partial charge < -0.3 is 25.2 Å². The first-order chi connectivity index (χ1) is 23.4. The molecule has 6 rings (SSSR count). The van der Waals surface area contributed by atoms with E-state index in [0.717, 1.165) is 63.9 Å². The Morgan fingerprint density at radius 1 is 1.06 bits per heavy atom. The van der Waals surface area contributed by atoms with Crippen molar-refractivity contribution >= 4 is 34.6 Å². The molecule has 0 unspecified atom stereocenters. The predicted molar refractivity (Wildman–Crippen MR) is 183 cm³/mol. The lowest BCUT2D eigenvalue weighted by Crippen LogP contribution is -2.53. The van der Waals surface area contributed by atoms with Crippen LogP contribution >= 0.6 is 0 Å². The molecule has 3 aromatic rings. The summed E-state index contributed by atoms with van der Waals surface area (Å²) < 4.78 is 34.5. The Bertz CT molecular complexity index is 1590. The largest absolute Gasteiger partial charge is 0.494 e. The number of piperazine rings is 1. The maximum Gasteiger partial charge on any atom is 0.247 e. The van der Waals surface area contributed by atoms with Crippen LogP contribution in [0.3, 0.4) is 0 Å². The van der Waals surface area contributed by atoms with E-state index in [-0.39, 0.29) is 11.5 Å². The minimum Gasteiger partial charge on any atom is -0.494 e. The molecule has 256 valence electrons. The second kappa shape index (κ2) is 15.3. The van der Waals surface area contributed by atoms with Gasteiger partial charge in [0.25, 0.3) is 0 Å². The minimum absolute atomic E-state index is 0.194. The number of ether oxygens (including phenoxy) is 1. The Labute approximate surface area is 280 Å². The van der Waals surface area contributed by atoms with Crippen LogP contribution in [0.1, 0.15) is 44.2 Å². The SMILES string of the molecule is C=CC(=O)Nc1cc(Nc2cc(N3OCC[C@@H]3c3cccc(F)c3F)ncn2)c(OC)cc1N1CCC(N2CCN(CCC)CC2)CC1. The summed E-state index contributed by atoms with van der Waals surface area (Å²) >= 11 is 0. The quantitative estimate of drug-likeness (QED) is 0.256. The lowest BCUT2D eigenvalue weighted by molar-refractivity contribution is -0.111. The third-order valence-corrected chi connectivity index (χ3v) is 9.42. The summed E-state index contributed by atoms with van der Waals surface area (Å²) in [6.45, 7) is 13.5. The van der Waals surface area contributed by atoms with Crippen molar-refractivity contribution in [3.05, 3.63) is 72.6 Å². The Hall–Kier alpha value is -4.33. The molecule has 0 aliphatic carbocycles. The van der Waals surface area contributed by atoms with Crippen molar-refractivity contribution in [2.45, 2.75) is 44.7 Å². The zero-order valence-electron chi connectivity index (χ0n) is 27.6. The molecule has 0 saturated carbocycles. The third-order valence-electron chi connectivity index (χ3n) is 9.42. The fourth-order valence-corrected chi connectivity index (χ4v) is 6.95. The molecule has 0 bridgehead atoms. The van der Waals surface area contributed by atoms with Crippen LogP contribution in [0.15, 0.2) is 55.4 Å². The second-order valence-electron chi connectivity index (χ2n) is 12.4. The molecule has 3 saturated heterocycles. The fraction of sp³-hybridized carbons (Fsp3) is 0.457. The van der Waals surface area contributed by atoms with Crippen LogP contribution in [0.2, 0.25) is 0 Å². The van der Waals surface area contributed by atoms with Crippen molar-refractivity contribution in [3.63, 3.8) is 0 Å². The van der Waals surface area contributed by atoms with E-state index in [4.69, 9.17) is 9.57 Å². The normalized spacial score (nSPS) is 19.4. The maximum atomic E-state index is 14.7. The van der Waals surface area contributed by atoms with Gasteiger partial charge in [-0.3, -0.25) is 14.5 Å². The monoisotopic (exact) mass is 662 g/mol. The molecular weight excluding hydrogens is 618 g/mol. The molecule has 3 aliphatic heterocycles. The lowest BCUT2D eigenvalue weighted by atomic mass is 10.0. The summed E-state index contributed by atoms with van der Waals surface area (Å²) in [5.41, 5.74) is 2.25. The fourth-order valence-electron chi connectivity index (χ4n) is 6.95. The molecule has 0 spiro atoms. The summed E-state index contributed by atoms with van der Waals surface area (Å²) in [4.78, 5) is 34.6. The molecule has 11 nitrogen and oxygen atoms in total. The highest BCUT2D eigenvalue weighted by molar-refractivity contribution is 6.02. The van der Waals surface area contributed by atoms with E-state index in [1.165, 1.54) is 36.5 Å². The summed E-state index contributed by atoms with van der Waals surface area (Å²) in [6.07, 6.45) is 6.34. The molecule has 1 atom stereocenters. The van der Waals surface area contributed by atoms with Gasteiger partial charge in [0.05, 0.1) is 36.8 Å². The number of carbonyl (C=O) groups is 1. The summed E-state index contributed by atoms with van der Waals surface area (Å²) in [6, 6.07) is 9.52. The molecule has 3 aliphatic rings. The average Bonchev–Trinajstić information content (AvgIpc) is 3.60. The number of methoxy groups -OCH3 is 1. The van der Waals surface area contributed by atoms with Gasteiger partial charge in [-0.05, 0) is 44.0 Å². The Morgan fingerprint density at radius 3 is 2.58 bits per heavy atom. The zero-order valence-corrected chi connectivity index (χ0v) is 27.6. The van der Waals surface area contributed by atoms with E-state index < -0.39 is 17.7 Å². The number of nitrogens with one attached hydrogen (secondary N) is 2. The molecule has 1 aromatic heterocycles. The van der Waals surface area contributed by atoms with Crippen LogP contribution < -0.4 is 25.3 Å². The van der Waals surface area contributed by atoms with Gasteiger partial charge in [-0.2, -0.15) is 0 Å². The Morgan fingerprint density at radius 2 is 1.85 bits per heavy atom. The molecule has 0 radical (unpaired) electrons. The van der Waals surface area contributed by atoms with Crippen LogP contribution in [0.4, 0.5) is 37.5 Å². The maximum absolute atomic E-state index is 14.7. The van der Waals surface area contributed by atoms with Crippen molar-refractivity contribution in [2.75, 3.05) is 80.1 Å². The molecule has 2 aromatic carbocycles. The van der Waals surface area contributed by atoms with Gasteiger partial charge in [-0.1, -0.05) is 25.6 Å². The molecule has 48 heavy (non-hydrogen) atoms. The number of nitrogens with zero attached hydrogens (tertiary/aromatic N) is 6. The number of hydrogen-bond donors (Lipinski definition) is 2. The highest BCUT2D eigenvalue weighted by Crippen LogP contribution is 2.41. The number of aromatic nitrogens is 2. The number of rotatable bonds is 11. The van der Waals surface area contributed by atoms with Crippen molar-refractivity contribution in [1.82, 2.24) is 19.8 Å². The van der Waals surface area contributed by atoms with Crippen LogP contribution in [0, 0.1) is 11.6 Å². The Kier molecular flexibility index (Phi) is 10.7. The average molecular weight is 663 g/mol. The topological polar surface area (TPSA) is 98.3 Å². The number of hydrogen-bond acceptors (Lipinski definition) is 10. The molecular formula is C35H44F2N8O3. The minimum atomic E-state index is -0.912. The number of piperidine rings is 1. The number of anilines is 5. The van der Waals surface area contributed by atoms with Crippen LogP contribution in [0.25, 0.3) is 0 Å². The van der Waals surface area contributed by atoms with Gasteiger partial charge >= 0.3 is 0 Å². The van der Waals surface area contributed by atoms with Gasteiger partial charge in [0.1, 0.15) is 17.9 Å². The number of benzene rings is 2. The summed E-state index contributed by atoms with van der Waals surface area (Å²) in [5, 5.41) is 7.75. The van der Waals surface area contributed by atoms with Crippen molar-refractivity contribution < 1.29 is 23.1 Å². The van der Waals surface area contributed by atoms with Gasteiger partial charge in [0, 0.05) is 69.4 Å². The van der Waals surface area contributed by atoms with Gasteiger partial charge in [0.2, 0.25) is 5.91 Å². The molecule has 3 fully saturated rings. The number of halogens is 2. The zero-order chi connectivity index (χ0) is 33.6. The van der Waals surface area contributed by atoms with Gasteiger partial charge in [-0.15, -0.1) is 0 Å². The standard InChI is InChI=1S/C35H44F2N8O3/c1-4-12-42-15-17-43(18-16-42)24-9-13-44(14-10-24)30-21-31(47-3)28(20-27(30)41-34(46)5-2)40-32-22-33(39-23-38-32)45-29(11-19-48-45)25-7-6-8-26(36)35(25)37/h5-8,20-24,29H,2,4,9-19H2,1,3H3,(H,41,46)(H,38,39,40)/t29-/m1/s1. The predicted octanol–water partition coefficient (Wildman–Crippen LogP) is 5.51. The van der Waals surface area contributed by atoms with Crippen LogP contribution in [-0.2, 0) is 9.63 Å². The highest BCUT2D eigenvalue weighted by Gasteiger charge is 2.33. The molecule has 13 heteroatoms. The van der Waals surface area contributed by atoms with E-state index in [2.05, 4.69) is 48.8 Å². The second-order valence-corrected chi connectivity index (χ2v) is 12.4. The first-order valence-corrected chi connectivity index (χ1v) is 16.7. The van der Waals surface area contributed by atoms with E-state index in [0.29, 0.717) is 47.8 Å². The van der Waals surface area contributed by atoms with E-state index in [1.807, 2.05) is 12.1 Å². The lowest BCUT2D eigenvalue weighted by Gasteiger charge is -2.43. The van der Waals surface area contributed by atoms with Crippen molar-refractivity contribution in [1.29, 1.82) is 0 Å². The van der Waals surface area contributed by atoms with Crippen LogP contribution in [0.5, 0.6) is 5.75 Å². The van der Waals surface area contributed by atoms with Crippen molar-refractivity contribution in [3.8, 4) is 5.75 Å². The highest BCUT2D eigenvalue weighted by atomic mass is 19.2. The first-order valence-electron chi connectivity index (χ1n) is 16.7. The number of amides is 1. The molecule has 2 N–H and O–H groups in total. The van der Waals surface area contributed by atoms with E-state index in [9.17, 15) is 13.6 Å². The van der Waals surface area contributed by atoms with Gasteiger partial charge in [-0.25, -0.2) is 23.8 Å². The molecule has 1 amide bonds. The van der Waals surface area contributed by atoms with E-state index >= 15 is 0 Å². The van der Waals surface area contributed by atoms with Gasteiger partial charge in [0.15, 0.2) is 17.5 Å². The summed E-state index contributed by atoms with van der Waals surface area (Å²) in [5.74, 6) is -0.778. The molecule has 4 heterocycles. The third kappa shape index (κ3) is 7.38. The smallest absolute Gasteiger partial charge is 0.247 e. The van der Waals surface area contributed by atoms with Crippen molar-refractivity contribution in [2.24, 2.45) is 0 Å². The van der Waals surface area contributed by atoms with Crippen LogP contribution in [-0.4, -0.2) is 91.2 Å². The number of hydroxylamine groups is 1. The number of carbonyl (C=O) groups excluding carboxylic acids is 1.